The van der Waals surface area contributed by atoms with Crippen molar-refractivity contribution in [3.8, 4) is 17.2 Å². The molecule has 1 fully saturated rings. The van der Waals surface area contributed by atoms with E-state index in [4.69, 9.17) is 20.8 Å². The molecule has 1 aliphatic rings. The number of thioether (sulfide) groups is 1. The minimum atomic E-state index is -0.0842. The smallest absolute Gasteiger partial charge is 0.277 e. The van der Waals surface area contributed by atoms with Crippen LogP contribution in [0.4, 0.5) is 0 Å². The van der Waals surface area contributed by atoms with E-state index in [-0.39, 0.29) is 17.1 Å². The average molecular weight is 458 g/mol. The average Bonchev–Trinajstić information content (AvgIpc) is 3.47. The van der Waals surface area contributed by atoms with Crippen molar-refractivity contribution in [3.63, 3.8) is 0 Å². The highest BCUT2D eigenvalue weighted by atomic mass is 35.5. The number of carbonyl (C=O) groups excluding carboxylic acids is 1. The summed E-state index contributed by atoms with van der Waals surface area (Å²) < 4.78 is 11.2. The predicted octanol–water partition coefficient (Wildman–Crippen LogP) is 5.12. The second-order valence-corrected chi connectivity index (χ2v) is 9.00. The Kier molecular flexibility index (Phi) is 6.83. The molecule has 31 heavy (non-hydrogen) atoms. The van der Waals surface area contributed by atoms with E-state index < -0.39 is 0 Å². The van der Waals surface area contributed by atoms with Gasteiger partial charge in [0.2, 0.25) is 11.8 Å². The molecule has 3 aromatic rings. The molecule has 1 saturated carbocycles. The topological polar surface area (TPSA) is 77.2 Å². The lowest BCUT2D eigenvalue weighted by Crippen LogP contribution is -2.40. The maximum Gasteiger partial charge on any atom is 0.277 e. The van der Waals surface area contributed by atoms with Gasteiger partial charge in [-0.25, -0.2) is 0 Å². The lowest BCUT2D eigenvalue weighted by Gasteiger charge is -2.31. The fraction of sp³-hybridized carbons (Fsp3) is 0.348. The molecule has 0 saturated heterocycles. The van der Waals surface area contributed by atoms with Crippen LogP contribution in [0.2, 0.25) is 5.02 Å². The molecule has 0 bridgehead atoms. The van der Waals surface area contributed by atoms with E-state index in [0.717, 1.165) is 37.0 Å². The number of para-hydroxylation sites is 1. The van der Waals surface area contributed by atoms with Crippen molar-refractivity contribution in [3.05, 3.63) is 59.1 Å². The van der Waals surface area contributed by atoms with Gasteiger partial charge in [0.25, 0.3) is 5.22 Å². The number of amides is 1. The predicted molar refractivity (Wildman–Crippen MR) is 122 cm³/mol. The van der Waals surface area contributed by atoms with Gasteiger partial charge >= 0.3 is 0 Å². The number of rotatable bonds is 8. The number of nitrogens with zero attached hydrogens (tertiary/aromatic N) is 2. The van der Waals surface area contributed by atoms with Gasteiger partial charge in [-0.2, -0.15) is 0 Å². The number of halogens is 1. The zero-order valence-corrected chi connectivity index (χ0v) is 18.8. The Morgan fingerprint density at radius 2 is 1.90 bits per heavy atom. The van der Waals surface area contributed by atoms with Gasteiger partial charge in [-0.3, -0.25) is 4.79 Å². The Morgan fingerprint density at radius 1 is 1.16 bits per heavy atom. The van der Waals surface area contributed by atoms with Crippen LogP contribution in [0.1, 0.15) is 31.2 Å². The molecule has 0 radical (unpaired) electrons. The quantitative estimate of drug-likeness (QED) is 0.473. The van der Waals surface area contributed by atoms with E-state index in [9.17, 15) is 4.79 Å². The maximum atomic E-state index is 12.5. The van der Waals surface area contributed by atoms with Crippen molar-refractivity contribution in [1.29, 1.82) is 0 Å². The first-order valence-electron chi connectivity index (χ1n) is 10.2. The summed E-state index contributed by atoms with van der Waals surface area (Å²) in [4.78, 5) is 12.5. The zero-order valence-electron chi connectivity index (χ0n) is 17.3. The first kappa shape index (κ1) is 21.7. The maximum absolute atomic E-state index is 12.5. The highest BCUT2D eigenvalue weighted by molar-refractivity contribution is 7.99. The molecule has 0 spiro atoms. The van der Waals surface area contributed by atoms with Crippen LogP contribution in [0, 0.1) is 0 Å². The van der Waals surface area contributed by atoms with Crippen LogP contribution >= 0.6 is 23.4 Å². The highest BCUT2D eigenvalue weighted by Crippen LogP contribution is 2.44. The van der Waals surface area contributed by atoms with E-state index >= 15 is 0 Å². The van der Waals surface area contributed by atoms with Gasteiger partial charge in [-0.05, 0) is 43.2 Å². The third kappa shape index (κ3) is 5.05. The zero-order chi connectivity index (χ0) is 21.7. The molecular weight excluding hydrogens is 434 g/mol. The molecule has 2 aromatic carbocycles. The molecule has 8 heteroatoms. The van der Waals surface area contributed by atoms with Gasteiger partial charge in [0.15, 0.2) is 0 Å². The van der Waals surface area contributed by atoms with Gasteiger partial charge in [0, 0.05) is 28.1 Å². The SMILES string of the molecule is COc1ccccc1C1(CNC(=O)CSc2nnc(-c3ccc(Cl)cc3)o2)CCCC1. The van der Waals surface area contributed by atoms with Gasteiger partial charge < -0.3 is 14.5 Å². The van der Waals surface area contributed by atoms with Crippen molar-refractivity contribution in [2.24, 2.45) is 0 Å². The summed E-state index contributed by atoms with van der Waals surface area (Å²) in [5.74, 6) is 1.44. The summed E-state index contributed by atoms with van der Waals surface area (Å²) >= 11 is 7.14. The number of methoxy groups -OCH3 is 1. The number of aromatic nitrogens is 2. The second-order valence-electron chi connectivity index (χ2n) is 7.63. The van der Waals surface area contributed by atoms with Crippen molar-refractivity contribution in [1.82, 2.24) is 15.5 Å². The number of carbonyl (C=O) groups is 1. The first-order valence-corrected chi connectivity index (χ1v) is 11.6. The van der Waals surface area contributed by atoms with Crippen molar-refractivity contribution in [2.75, 3.05) is 19.4 Å². The van der Waals surface area contributed by atoms with E-state index in [1.54, 1.807) is 19.2 Å². The number of ether oxygens (including phenoxy) is 1. The molecule has 162 valence electrons. The number of hydrogen-bond acceptors (Lipinski definition) is 6. The van der Waals surface area contributed by atoms with Crippen LogP contribution in [0.5, 0.6) is 5.75 Å². The molecule has 1 amide bonds. The van der Waals surface area contributed by atoms with Gasteiger partial charge in [-0.15, -0.1) is 10.2 Å². The third-order valence-corrected chi connectivity index (χ3v) is 6.76. The monoisotopic (exact) mass is 457 g/mol. The number of nitrogens with one attached hydrogen (secondary N) is 1. The van der Waals surface area contributed by atoms with Crippen LogP contribution in [-0.2, 0) is 10.2 Å². The molecule has 0 atom stereocenters. The Bertz CT molecular complexity index is 1030. The molecular formula is C23H24ClN3O3S. The summed E-state index contributed by atoms with van der Waals surface area (Å²) in [6.07, 6.45) is 4.38. The van der Waals surface area contributed by atoms with Crippen molar-refractivity contribution >= 4 is 29.3 Å². The van der Waals surface area contributed by atoms with Crippen LogP contribution in [0.3, 0.4) is 0 Å². The fourth-order valence-electron chi connectivity index (χ4n) is 4.10. The lowest BCUT2D eigenvalue weighted by atomic mass is 9.78. The van der Waals surface area contributed by atoms with Crippen molar-refractivity contribution in [2.45, 2.75) is 36.3 Å². The Hall–Kier alpha value is -2.51. The van der Waals surface area contributed by atoms with E-state index in [0.29, 0.717) is 22.7 Å². The van der Waals surface area contributed by atoms with Gasteiger partial charge in [-0.1, -0.05) is 54.4 Å². The molecule has 4 rings (SSSR count). The molecule has 6 nitrogen and oxygen atoms in total. The van der Waals surface area contributed by atoms with Crippen LogP contribution in [-0.4, -0.2) is 35.5 Å². The third-order valence-electron chi connectivity index (χ3n) is 5.69. The van der Waals surface area contributed by atoms with E-state index in [1.807, 2.05) is 30.3 Å². The number of benzene rings is 2. The second kappa shape index (κ2) is 9.75. The van der Waals surface area contributed by atoms with Gasteiger partial charge in [0.1, 0.15) is 5.75 Å². The summed E-state index contributed by atoms with van der Waals surface area (Å²) in [5, 5.41) is 12.2. The lowest BCUT2D eigenvalue weighted by molar-refractivity contribution is -0.118. The molecule has 0 unspecified atom stereocenters. The first-order chi connectivity index (χ1) is 15.1. The van der Waals surface area contributed by atoms with Gasteiger partial charge in [0.05, 0.1) is 12.9 Å². The van der Waals surface area contributed by atoms with E-state index in [2.05, 4.69) is 21.6 Å². The van der Waals surface area contributed by atoms with E-state index in [1.165, 1.54) is 17.3 Å². The molecule has 1 aromatic heterocycles. The summed E-state index contributed by atoms with van der Waals surface area (Å²) in [5.41, 5.74) is 1.87. The van der Waals surface area contributed by atoms with Crippen molar-refractivity contribution < 1.29 is 13.9 Å². The summed E-state index contributed by atoms with van der Waals surface area (Å²) in [6, 6.07) is 15.3. The van der Waals surface area contributed by atoms with Crippen LogP contribution in [0.15, 0.2) is 58.2 Å². The molecule has 1 heterocycles. The van der Waals surface area contributed by atoms with Crippen LogP contribution < -0.4 is 10.1 Å². The Morgan fingerprint density at radius 3 is 2.65 bits per heavy atom. The normalized spacial score (nSPS) is 15.0. The summed E-state index contributed by atoms with van der Waals surface area (Å²) in [7, 11) is 1.69. The minimum absolute atomic E-state index is 0.0579. The molecule has 1 N–H and O–H groups in total. The highest BCUT2D eigenvalue weighted by Gasteiger charge is 2.38. The summed E-state index contributed by atoms with van der Waals surface area (Å²) in [6.45, 7) is 0.590. The Labute approximate surface area is 190 Å². The fourth-order valence-corrected chi connectivity index (χ4v) is 4.82. The standard InChI is InChI=1S/C23H24ClN3O3S/c1-29-19-7-3-2-6-18(19)23(12-4-5-13-23)15-25-20(28)14-31-22-27-26-21(30-22)16-8-10-17(24)11-9-16/h2-3,6-11H,4-5,12-15H2,1H3,(H,25,28). The number of hydrogen-bond donors (Lipinski definition) is 1. The molecule has 1 aliphatic carbocycles. The molecule has 0 aliphatic heterocycles. The van der Waals surface area contributed by atoms with Crippen LogP contribution in [0.25, 0.3) is 11.5 Å². The largest absolute Gasteiger partial charge is 0.496 e. The minimum Gasteiger partial charge on any atom is -0.496 e. The Balaban J connectivity index is 1.35.